The summed E-state index contributed by atoms with van der Waals surface area (Å²) in [4.78, 5) is 26.2. The molecule has 5 rings (SSSR count). The number of anilines is 2. The quantitative estimate of drug-likeness (QED) is 0.422. The highest BCUT2D eigenvalue weighted by Crippen LogP contribution is 2.36. The van der Waals surface area contributed by atoms with E-state index < -0.39 is 17.8 Å². The van der Waals surface area contributed by atoms with E-state index in [-0.39, 0.29) is 11.2 Å². The Morgan fingerprint density at radius 3 is 2.64 bits per heavy atom. The van der Waals surface area contributed by atoms with Gasteiger partial charge < -0.3 is 20.2 Å². The lowest BCUT2D eigenvalue weighted by Crippen LogP contribution is -2.21. The first-order chi connectivity index (χ1) is 17.0. The van der Waals surface area contributed by atoms with Crippen LogP contribution in [-0.4, -0.2) is 25.6 Å². The molecule has 1 atom stereocenters. The molecule has 0 aliphatic carbocycles. The van der Waals surface area contributed by atoms with E-state index in [2.05, 4.69) is 15.3 Å². The second-order valence-electron chi connectivity index (χ2n) is 8.87. The fourth-order valence-electron chi connectivity index (χ4n) is 4.42. The Morgan fingerprint density at radius 1 is 1.14 bits per heavy atom. The maximum Gasteiger partial charge on any atom is 0.416 e. The van der Waals surface area contributed by atoms with E-state index in [1.807, 2.05) is 16.7 Å². The zero-order valence-corrected chi connectivity index (χ0v) is 19.9. The van der Waals surface area contributed by atoms with Gasteiger partial charge in [-0.05, 0) is 55.3 Å². The van der Waals surface area contributed by atoms with Crippen molar-refractivity contribution in [2.24, 2.45) is 12.0 Å². The molecule has 0 fully saturated rings. The lowest BCUT2D eigenvalue weighted by atomic mass is 10.0. The molecule has 3 aliphatic rings. The van der Waals surface area contributed by atoms with Crippen molar-refractivity contribution in [3.8, 4) is 22.5 Å². The maximum atomic E-state index is 13.3. The van der Waals surface area contributed by atoms with E-state index in [1.165, 1.54) is 10.6 Å². The van der Waals surface area contributed by atoms with Crippen LogP contribution >= 0.6 is 0 Å². The van der Waals surface area contributed by atoms with Crippen molar-refractivity contribution in [3.63, 3.8) is 0 Å². The molecule has 0 saturated heterocycles. The van der Waals surface area contributed by atoms with Gasteiger partial charge in [0.1, 0.15) is 17.5 Å². The number of aryl methyl sites for hydroxylation is 2. The third-order valence-electron chi connectivity index (χ3n) is 6.23. The molecule has 8 nitrogen and oxygen atoms in total. The van der Waals surface area contributed by atoms with Gasteiger partial charge in [0.05, 0.1) is 17.2 Å². The molecular formula is C25H24F3N7O. The Labute approximate surface area is 204 Å². The molecule has 1 aromatic heterocycles. The number of aromatic nitrogens is 4. The number of hydrogen-bond acceptors (Lipinski definition) is 6. The van der Waals surface area contributed by atoms with Crippen molar-refractivity contribution in [1.29, 1.82) is 0 Å². The SMILES string of the molecule is Cc1nc2n3c(c(-c4ccn(C)c(=O)c4)cc-2c(=N[C@H](C)c2cc(N)cc(C(F)(F)F)c2)n1)NCC3. The van der Waals surface area contributed by atoms with Crippen LogP contribution in [0.15, 0.2) is 52.4 Å². The predicted molar refractivity (Wildman–Crippen MR) is 130 cm³/mol. The summed E-state index contributed by atoms with van der Waals surface area (Å²) in [5.74, 6) is 1.98. The Bertz CT molecular complexity index is 1590. The van der Waals surface area contributed by atoms with E-state index >= 15 is 0 Å². The first-order valence-corrected chi connectivity index (χ1v) is 11.4. The summed E-state index contributed by atoms with van der Waals surface area (Å²) in [5, 5.41) is 3.37. The Kier molecular flexibility index (Phi) is 5.57. The van der Waals surface area contributed by atoms with E-state index in [9.17, 15) is 18.0 Å². The molecule has 2 aromatic rings. The summed E-state index contributed by atoms with van der Waals surface area (Å²) in [6.45, 7) is 4.78. The predicted octanol–water partition coefficient (Wildman–Crippen LogP) is 3.75. The van der Waals surface area contributed by atoms with Crippen LogP contribution in [0.25, 0.3) is 22.5 Å². The number of nitrogen functional groups attached to an aromatic ring is 1. The third kappa shape index (κ3) is 4.21. The van der Waals surface area contributed by atoms with Crippen molar-refractivity contribution in [1.82, 2.24) is 19.1 Å². The van der Waals surface area contributed by atoms with Gasteiger partial charge in [-0.25, -0.2) is 9.97 Å². The van der Waals surface area contributed by atoms with Crippen LogP contribution in [0, 0.1) is 6.92 Å². The molecule has 186 valence electrons. The fourth-order valence-corrected chi connectivity index (χ4v) is 4.42. The van der Waals surface area contributed by atoms with E-state index in [0.717, 1.165) is 29.1 Å². The van der Waals surface area contributed by atoms with E-state index in [1.54, 1.807) is 33.2 Å². The molecule has 0 amide bonds. The van der Waals surface area contributed by atoms with Gasteiger partial charge in [0.2, 0.25) is 0 Å². The van der Waals surface area contributed by atoms with Crippen LogP contribution in [-0.2, 0) is 19.8 Å². The molecule has 0 spiro atoms. The van der Waals surface area contributed by atoms with Crippen molar-refractivity contribution in [2.75, 3.05) is 17.6 Å². The Hall–Kier alpha value is -4.15. The Morgan fingerprint density at radius 2 is 1.92 bits per heavy atom. The van der Waals surface area contributed by atoms with Gasteiger partial charge in [-0.1, -0.05) is 0 Å². The maximum absolute atomic E-state index is 13.3. The topological polar surface area (TPSA) is 103 Å². The van der Waals surface area contributed by atoms with Crippen molar-refractivity contribution in [3.05, 3.63) is 75.4 Å². The van der Waals surface area contributed by atoms with Crippen LogP contribution < -0.4 is 22.1 Å². The lowest BCUT2D eigenvalue weighted by molar-refractivity contribution is -0.137. The number of nitrogens with one attached hydrogen (secondary N) is 1. The molecule has 11 heteroatoms. The normalized spacial score (nSPS) is 14.7. The van der Waals surface area contributed by atoms with E-state index in [4.69, 9.17) is 10.7 Å². The van der Waals surface area contributed by atoms with Gasteiger partial charge in [0.25, 0.3) is 5.56 Å². The number of nitrogens with zero attached hydrogens (tertiary/aromatic N) is 5. The smallest absolute Gasteiger partial charge is 0.399 e. The van der Waals surface area contributed by atoms with Crippen LogP contribution in [0.4, 0.5) is 24.7 Å². The molecule has 0 saturated carbocycles. The van der Waals surface area contributed by atoms with Gasteiger partial charge in [-0.15, -0.1) is 0 Å². The first kappa shape index (κ1) is 23.6. The van der Waals surface area contributed by atoms with Gasteiger partial charge in [0.15, 0.2) is 5.49 Å². The van der Waals surface area contributed by atoms with Crippen LogP contribution in [0.2, 0.25) is 0 Å². The summed E-state index contributed by atoms with van der Waals surface area (Å²) in [6.07, 6.45) is -2.82. The van der Waals surface area contributed by atoms with Crippen LogP contribution in [0.1, 0.15) is 29.9 Å². The molecule has 1 aromatic carbocycles. The number of pyridine rings is 2. The number of benzene rings is 1. The van der Waals surface area contributed by atoms with Gasteiger partial charge >= 0.3 is 6.18 Å². The van der Waals surface area contributed by atoms with Crippen LogP contribution in [0.5, 0.6) is 0 Å². The zero-order chi connectivity index (χ0) is 25.8. The molecule has 3 aliphatic heterocycles. The summed E-state index contributed by atoms with van der Waals surface area (Å²) < 4.78 is 43.5. The lowest BCUT2D eigenvalue weighted by Gasteiger charge is -2.18. The number of hydrogen-bond donors (Lipinski definition) is 2. The monoisotopic (exact) mass is 495 g/mol. The largest absolute Gasteiger partial charge is 0.416 e. The third-order valence-corrected chi connectivity index (χ3v) is 6.23. The second kappa shape index (κ2) is 8.51. The van der Waals surface area contributed by atoms with Gasteiger partial charge in [-0.2, -0.15) is 13.2 Å². The highest BCUT2D eigenvalue weighted by atomic mass is 19.4. The molecule has 3 N–H and O–H groups in total. The summed E-state index contributed by atoms with van der Waals surface area (Å²) in [6, 6.07) is 8.08. The highest BCUT2D eigenvalue weighted by Gasteiger charge is 2.31. The minimum Gasteiger partial charge on any atom is -0.399 e. The first-order valence-electron chi connectivity index (χ1n) is 11.4. The second-order valence-corrected chi connectivity index (χ2v) is 8.87. The number of rotatable bonds is 3. The summed E-state index contributed by atoms with van der Waals surface area (Å²) in [7, 11) is 1.68. The van der Waals surface area contributed by atoms with Crippen molar-refractivity contribution < 1.29 is 13.2 Å². The summed E-state index contributed by atoms with van der Waals surface area (Å²) >= 11 is 0. The minimum absolute atomic E-state index is 0.0120. The number of nitrogens with two attached hydrogens (primary N) is 1. The Balaban J connectivity index is 1.72. The average molecular weight is 496 g/mol. The molecule has 0 radical (unpaired) electrons. The van der Waals surface area contributed by atoms with E-state index in [0.29, 0.717) is 41.4 Å². The number of alkyl halides is 3. The minimum atomic E-state index is -4.52. The zero-order valence-electron chi connectivity index (χ0n) is 19.9. The molecule has 4 heterocycles. The molecule has 36 heavy (non-hydrogen) atoms. The highest BCUT2D eigenvalue weighted by molar-refractivity contribution is 5.82. The summed E-state index contributed by atoms with van der Waals surface area (Å²) in [5.41, 5.74) is 7.64. The molecule has 0 unspecified atom stereocenters. The fraction of sp³-hybridized carbons (Fsp3) is 0.280. The number of halogens is 3. The van der Waals surface area contributed by atoms with Crippen LogP contribution in [0.3, 0.4) is 0 Å². The van der Waals surface area contributed by atoms with Crippen molar-refractivity contribution in [2.45, 2.75) is 32.6 Å². The van der Waals surface area contributed by atoms with Gasteiger partial charge in [0, 0.05) is 43.7 Å². The molecular weight excluding hydrogens is 471 g/mol. The standard InChI is InChI=1S/C25H24F3N7O/c1-13(16-8-17(25(26,27)28)11-18(29)9-16)31-22-20-12-19(15-4-6-34(3)21(36)10-15)23-30-5-7-35(23)24(20)33-14(2)32-22/h4,6,8-13,30H,5,7,29H2,1-3H3/t13-/m1/s1. The van der Waals surface area contributed by atoms with Crippen molar-refractivity contribution >= 4 is 11.5 Å². The van der Waals surface area contributed by atoms with Gasteiger partial charge in [-0.3, -0.25) is 9.79 Å². The number of fused-ring (bicyclic) bond motifs is 3. The molecule has 0 bridgehead atoms. The average Bonchev–Trinajstić information content (AvgIpc) is 3.30.